The summed E-state index contributed by atoms with van der Waals surface area (Å²) in [6.45, 7) is 7.13. The molecule has 120 valence electrons. The Bertz CT molecular complexity index is 505. The van der Waals surface area contributed by atoms with Crippen LogP contribution in [0.2, 0.25) is 0 Å². The number of aromatic nitrogens is 1. The summed E-state index contributed by atoms with van der Waals surface area (Å²) in [7, 11) is 0. The molecule has 5 heteroatoms. The van der Waals surface area contributed by atoms with Crippen LogP contribution in [0, 0.1) is 5.92 Å². The minimum Gasteiger partial charge on any atom is -0.444 e. The number of carbonyl (C=O) groups excluding carboxylic acids is 1. The first-order valence-electron chi connectivity index (χ1n) is 7.74. The maximum absolute atomic E-state index is 12.1. The summed E-state index contributed by atoms with van der Waals surface area (Å²) in [5.74, 6) is 0.720. The number of pyridine rings is 1. The number of piperidine rings is 1. The maximum Gasteiger partial charge on any atom is 0.410 e. The minimum atomic E-state index is -0.443. The molecule has 1 fully saturated rings. The third kappa shape index (κ3) is 4.50. The van der Waals surface area contributed by atoms with Crippen molar-refractivity contribution >= 4 is 23.7 Å². The molecule has 1 aromatic rings. The Labute approximate surface area is 137 Å². The minimum absolute atomic E-state index is 0.214. The van der Waals surface area contributed by atoms with Crippen LogP contribution < -0.4 is 0 Å². The van der Waals surface area contributed by atoms with Gasteiger partial charge in [-0.05, 0) is 62.6 Å². The molecule has 2 rings (SSSR count). The van der Waals surface area contributed by atoms with Crippen LogP contribution in [0.1, 0.15) is 45.1 Å². The van der Waals surface area contributed by atoms with Crippen molar-refractivity contribution in [3.63, 3.8) is 0 Å². The quantitative estimate of drug-likeness (QED) is 0.794. The first-order valence-corrected chi connectivity index (χ1v) is 8.21. The van der Waals surface area contributed by atoms with E-state index in [9.17, 15) is 4.79 Å². The van der Waals surface area contributed by atoms with Gasteiger partial charge in [0.2, 0.25) is 0 Å². The Hall–Kier alpha value is -1.49. The molecule has 22 heavy (non-hydrogen) atoms. The highest BCUT2D eigenvalue weighted by atomic mass is 32.1. The van der Waals surface area contributed by atoms with Gasteiger partial charge < -0.3 is 9.64 Å². The summed E-state index contributed by atoms with van der Waals surface area (Å²) in [6, 6.07) is 4.04. The van der Waals surface area contributed by atoms with E-state index in [4.69, 9.17) is 17.0 Å². The van der Waals surface area contributed by atoms with E-state index < -0.39 is 5.60 Å². The van der Waals surface area contributed by atoms with Gasteiger partial charge in [-0.2, -0.15) is 0 Å². The zero-order valence-corrected chi connectivity index (χ0v) is 14.3. The molecule has 1 aliphatic heterocycles. The average molecular weight is 320 g/mol. The molecule has 4 nitrogen and oxygen atoms in total. The van der Waals surface area contributed by atoms with E-state index in [2.05, 4.69) is 4.98 Å². The van der Waals surface area contributed by atoms with Crippen LogP contribution in [0.5, 0.6) is 0 Å². The fraction of sp³-hybridized carbons (Fsp3) is 0.588. The highest BCUT2D eigenvalue weighted by Gasteiger charge is 2.30. The highest BCUT2D eigenvalue weighted by molar-refractivity contribution is 7.79. The van der Waals surface area contributed by atoms with Crippen molar-refractivity contribution in [3.05, 3.63) is 30.1 Å². The topological polar surface area (TPSA) is 42.4 Å². The standard InChI is InChI=1S/C17H24N2O2S/c1-17(2,3)21-16(20)19-10-6-14(7-11-19)15(12-22)13-4-8-18-9-5-13/h4-5,8-9,12,14-15H,6-7,10-11H2,1-3H3. The third-order valence-electron chi connectivity index (χ3n) is 3.94. The second-order valence-electron chi connectivity index (χ2n) is 6.75. The Morgan fingerprint density at radius 1 is 1.36 bits per heavy atom. The smallest absolute Gasteiger partial charge is 0.410 e. The number of ether oxygens (including phenoxy) is 1. The average Bonchev–Trinajstić information content (AvgIpc) is 2.48. The van der Waals surface area contributed by atoms with Crippen LogP contribution in [0.3, 0.4) is 0 Å². The predicted molar refractivity (Wildman–Crippen MR) is 91.2 cm³/mol. The number of thiocarbonyl (C=S) groups is 1. The molecule has 0 saturated carbocycles. The number of hydrogen-bond donors (Lipinski definition) is 0. The van der Waals surface area contributed by atoms with Gasteiger partial charge in [0.25, 0.3) is 0 Å². The monoisotopic (exact) mass is 320 g/mol. The van der Waals surface area contributed by atoms with Crippen molar-refractivity contribution in [2.45, 2.75) is 45.1 Å². The fourth-order valence-corrected chi connectivity index (χ4v) is 3.19. The Morgan fingerprint density at radius 3 is 2.45 bits per heavy atom. The number of carbonyl (C=O) groups is 1. The van der Waals surface area contributed by atoms with Crippen molar-refractivity contribution in [1.82, 2.24) is 9.88 Å². The Morgan fingerprint density at radius 2 is 1.95 bits per heavy atom. The molecule has 0 bridgehead atoms. The van der Waals surface area contributed by atoms with Gasteiger partial charge in [0.1, 0.15) is 5.60 Å². The summed E-state index contributed by atoms with van der Waals surface area (Å²) in [6.07, 6.45) is 5.28. The van der Waals surface area contributed by atoms with Crippen molar-refractivity contribution in [2.75, 3.05) is 13.1 Å². The largest absolute Gasteiger partial charge is 0.444 e. The van der Waals surface area contributed by atoms with Crippen LogP contribution in [0.4, 0.5) is 4.79 Å². The fourth-order valence-electron chi connectivity index (χ4n) is 2.82. The van der Waals surface area contributed by atoms with E-state index in [1.165, 1.54) is 5.56 Å². The molecule has 0 aliphatic carbocycles. The lowest BCUT2D eigenvalue weighted by molar-refractivity contribution is 0.0181. The van der Waals surface area contributed by atoms with Crippen molar-refractivity contribution < 1.29 is 9.53 Å². The van der Waals surface area contributed by atoms with Crippen LogP contribution in [0.25, 0.3) is 0 Å². The molecular formula is C17H24N2O2S. The summed E-state index contributed by atoms with van der Waals surface area (Å²) >= 11 is 5.24. The molecule has 2 heterocycles. The number of rotatable bonds is 3. The van der Waals surface area contributed by atoms with E-state index in [0.717, 1.165) is 25.9 Å². The van der Waals surface area contributed by atoms with E-state index in [1.54, 1.807) is 17.3 Å². The summed E-state index contributed by atoms with van der Waals surface area (Å²) in [5, 5.41) is 1.85. The summed E-state index contributed by atoms with van der Waals surface area (Å²) in [5.41, 5.74) is 0.766. The van der Waals surface area contributed by atoms with E-state index >= 15 is 0 Å². The second-order valence-corrected chi connectivity index (χ2v) is 7.02. The van der Waals surface area contributed by atoms with Crippen molar-refractivity contribution in [3.8, 4) is 0 Å². The molecule has 0 aromatic carbocycles. The molecule has 1 unspecified atom stereocenters. The first kappa shape index (κ1) is 16.9. The van der Waals surface area contributed by atoms with Gasteiger partial charge in [-0.1, -0.05) is 12.2 Å². The molecule has 1 aromatic heterocycles. The van der Waals surface area contributed by atoms with Gasteiger partial charge in [0.15, 0.2) is 0 Å². The molecule has 1 aliphatic rings. The summed E-state index contributed by atoms with van der Waals surface area (Å²) < 4.78 is 5.43. The lowest BCUT2D eigenvalue weighted by Gasteiger charge is -2.35. The molecular weight excluding hydrogens is 296 g/mol. The maximum atomic E-state index is 12.1. The molecule has 1 saturated heterocycles. The van der Waals surface area contributed by atoms with Gasteiger partial charge >= 0.3 is 6.09 Å². The number of likely N-dealkylation sites (tertiary alicyclic amines) is 1. The lowest BCUT2D eigenvalue weighted by Crippen LogP contribution is -2.42. The van der Waals surface area contributed by atoms with Crippen LogP contribution >= 0.6 is 12.2 Å². The number of nitrogens with zero attached hydrogens (tertiary/aromatic N) is 2. The van der Waals surface area contributed by atoms with E-state index in [-0.39, 0.29) is 12.0 Å². The highest BCUT2D eigenvalue weighted by Crippen LogP contribution is 2.31. The van der Waals surface area contributed by atoms with Crippen molar-refractivity contribution in [2.24, 2.45) is 5.92 Å². The Balaban J connectivity index is 1.94. The van der Waals surface area contributed by atoms with E-state index in [0.29, 0.717) is 5.92 Å². The SMILES string of the molecule is CC(C)(C)OC(=O)N1CCC(C(C=S)c2ccncc2)CC1. The molecule has 0 spiro atoms. The molecule has 0 N–H and O–H groups in total. The van der Waals surface area contributed by atoms with Gasteiger partial charge in [0, 0.05) is 31.4 Å². The second kappa shape index (κ2) is 7.18. The normalized spacial score (nSPS) is 17.9. The summed E-state index contributed by atoms with van der Waals surface area (Å²) in [4.78, 5) is 18.0. The molecule has 1 amide bonds. The van der Waals surface area contributed by atoms with E-state index in [1.807, 2.05) is 38.3 Å². The zero-order chi connectivity index (χ0) is 16.2. The van der Waals surface area contributed by atoms with Gasteiger partial charge in [-0.25, -0.2) is 4.79 Å². The third-order valence-corrected chi connectivity index (χ3v) is 4.23. The number of hydrogen-bond acceptors (Lipinski definition) is 4. The van der Waals surface area contributed by atoms with Gasteiger partial charge in [-0.3, -0.25) is 4.98 Å². The lowest BCUT2D eigenvalue weighted by atomic mass is 9.81. The van der Waals surface area contributed by atoms with Gasteiger partial charge in [-0.15, -0.1) is 0 Å². The first-order chi connectivity index (χ1) is 10.4. The Kier molecular flexibility index (Phi) is 5.51. The van der Waals surface area contributed by atoms with Crippen LogP contribution in [0.15, 0.2) is 24.5 Å². The number of amides is 1. The van der Waals surface area contributed by atoms with Gasteiger partial charge in [0.05, 0.1) is 0 Å². The zero-order valence-electron chi connectivity index (χ0n) is 13.5. The molecule has 1 atom stereocenters. The van der Waals surface area contributed by atoms with Crippen molar-refractivity contribution in [1.29, 1.82) is 0 Å². The predicted octanol–water partition coefficient (Wildman–Crippen LogP) is 3.81. The molecule has 0 radical (unpaired) electrons. The van der Waals surface area contributed by atoms with Crippen LogP contribution in [-0.2, 0) is 4.74 Å². The van der Waals surface area contributed by atoms with Crippen LogP contribution in [-0.4, -0.2) is 40.0 Å².